The van der Waals surface area contributed by atoms with Crippen molar-refractivity contribution < 1.29 is 9.53 Å². The van der Waals surface area contributed by atoms with Crippen LogP contribution in [-0.4, -0.2) is 19.3 Å². The monoisotopic (exact) mass is 355 g/mol. The van der Waals surface area contributed by atoms with Gasteiger partial charge in [0.05, 0.1) is 18.4 Å². The molecule has 0 amide bonds. The summed E-state index contributed by atoms with van der Waals surface area (Å²) in [6.07, 6.45) is 4.22. The number of aliphatic imine (C=N–C) groups is 1. The molecule has 0 fully saturated rings. The standard InChI is InChI=1S/C21H25NO2S/c1-20(2)8-9-21(3,4)18-11-15(6-7-17(18)20)22-12-16-10-14(13-25-16)19(23)24-5/h6-7,10-13H,8-9H2,1-5H3. The van der Waals surface area contributed by atoms with E-state index in [9.17, 15) is 4.79 Å². The minimum atomic E-state index is -0.311. The molecule has 0 saturated heterocycles. The molecule has 132 valence electrons. The van der Waals surface area contributed by atoms with Crippen LogP contribution in [0, 0.1) is 0 Å². The van der Waals surface area contributed by atoms with Crippen LogP contribution in [0.1, 0.15) is 66.9 Å². The van der Waals surface area contributed by atoms with E-state index < -0.39 is 0 Å². The van der Waals surface area contributed by atoms with Crippen molar-refractivity contribution in [3.05, 3.63) is 51.2 Å². The summed E-state index contributed by atoms with van der Waals surface area (Å²) in [4.78, 5) is 17.1. The van der Waals surface area contributed by atoms with Gasteiger partial charge < -0.3 is 4.74 Å². The predicted molar refractivity (Wildman–Crippen MR) is 105 cm³/mol. The first-order valence-electron chi connectivity index (χ1n) is 8.59. The number of thiophene rings is 1. The van der Waals surface area contributed by atoms with Crippen molar-refractivity contribution in [2.75, 3.05) is 7.11 Å². The minimum Gasteiger partial charge on any atom is -0.465 e. The van der Waals surface area contributed by atoms with Gasteiger partial charge in [0, 0.05) is 16.5 Å². The fourth-order valence-electron chi connectivity index (χ4n) is 3.44. The lowest BCUT2D eigenvalue weighted by Crippen LogP contribution is -2.33. The van der Waals surface area contributed by atoms with Crippen molar-refractivity contribution in [1.29, 1.82) is 0 Å². The van der Waals surface area contributed by atoms with Crippen LogP contribution in [0.15, 0.2) is 34.6 Å². The van der Waals surface area contributed by atoms with Crippen LogP contribution >= 0.6 is 11.3 Å². The molecule has 0 unspecified atom stereocenters. The van der Waals surface area contributed by atoms with Crippen LogP contribution in [0.3, 0.4) is 0 Å². The van der Waals surface area contributed by atoms with Crippen molar-refractivity contribution in [1.82, 2.24) is 0 Å². The normalized spacial score (nSPS) is 18.1. The second kappa shape index (κ2) is 6.41. The zero-order valence-electron chi connectivity index (χ0n) is 15.6. The van der Waals surface area contributed by atoms with Gasteiger partial charge in [-0.3, -0.25) is 4.99 Å². The van der Waals surface area contributed by atoms with Crippen LogP contribution in [0.25, 0.3) is 0 Å². The van der Waals surface area contributed by atoms with Crippen molar-refractivity contribution in [3.8, 4) is 0 Å². The highest BCUT2D eigenvalue weighted by atomic mass is 32.1. The highest BCUT2D eigenvalue weighted by molar-refractivity contribution is 7.12. The number of esters is 1. The van der Waals surface area contributed by atoms with Crippen molar-refractivity contribution in [2.45, 2.75) is 51.4 Å². The third-order valence-corrected chi connectivity index (χ3v) is 6.09. The van der Waals surface area contributed by atoms with E-state index in [1.54, 1.807) is 5.38 Å². The Morgan fingerprint density at radius 1 is 1.12 bits per heavy atom. The zero-order chi connectivity index (χ0) is 18.2. The largest absolute Gasteiger partial charge is 0.465 e. The number of hydrogen-bond acceptors (Lipinski definition) is 4. The van der Waals surface area contributed by atoms with Crippen LogP contribution in [0.5, 0.6) is 0 Å². The van der Waals surface area contributed by atoms with Gasteiger partial charge in [-0.1, -0.05) is 33.8 Å². The number of carbonyl (C=O) groups is 1. The predicted octanol–water partition coefficient (Wildman–Crippen LogP) is 5.63. The Labute approximate surface area is 153 Å². The first-order chi connectivity index (χ1) is 11.7. The Bertz CT molecular complexity index is 830. The summed E-state index contributed by atoms with van der Waals surface area (Å²) in [5.74, 6) is -0.311. The number of hydrogen-bond donors (Lipinski definition) is 0. The van der Waals surface area contributed by atoms with E-state index in [1.807, 2.05) is 12.3 Å². The van der Waals surface area contributed by atoms with Crippen molar-refractivity contribution in [2.24, 2.45) is 4.99 Å². The second-order valence-corrected chi connectivity index (χ2v) is 8.93. The van der Waals surface area contributed by atoms with Crippen LogP contribution in [-0.2, 0) is 15.6 Å². The molecule has 0 saturated carbocycles. The molecule has 1 aliphatic carbocycles. The summed E-state index contributed by atoms with van der Waals surface area (Å²) in [6.45, 7) is 9.28. The highest BCUT2D eigenvalue weighted by Crippen LogP contribution is 2.46. The van der Waals surface area contributed by atoms with Gasteiger partial charge in [-0.05, 0) is 53.0 Å². The van der Waals surface area contributed by atoms with Gasteiger partial charge in [0.15, 0.2) is 0 Å². The minimum absolute atomic E-state index is 0.178. The average Bonchev–Trinajstić information content (AvgIpc) is 3.05. The maximum atomic E-state index is 11.5. The molecule has 4 heteroatoms. The van der Waals surface area contributed by atoms with E-state index in [0.29, 0.717) is 5.56 Å². The summed E-state index contributed by atoms with van der Waals surface area (Å²) in [5.41, 5.74) is 4.76. The molecule has 2 aromatic rings. The van der Waals surface area contributed by atoms with Gasteiger partial charge >= 0.3 is 5.97 Å². The van der Waals surface area contributed by atoms with Crippen molar-refractivity contribution >= 4 is 29.2 Å². The fraction of sp³-hybridized carbons (Fsp3) is 0.429. The van der Waals surface area contributed by atoms with Crippen molar-refractivity contribution in [3.63, 3.8) is 0 Å². The first kappa shape index (κ1) is 17.9. The Kier molecular flexibility index (Phi) is 4.58. The summed E-state index contributed by atoms with van der Waals surface area (Å²) in [5, 5.41) is 1.80. The SMILES string of the molecule is COC(=O)c1csc(C=Nc2ccc3c(c2)C(C)(C)CCC3(C)C)c1. The molecule has 3 rings (SSSR count). The van der Waals surface area contributed by atoms with Crippen LogP contribution in [0.4, 0.5) is 5.69 Å². The van der Waals surface area contributed by atoms with Gasteiger partial charge in [0.1, 0.15) is 0 Å². The number of fused-ring (bicyclic) bond motifs is 1. The summed E-state index contributed by atoms with van der Waals surface area (Å²) in [7, 11) is 1.39. The third kappa shape index (κ3) is 3.54. The first-order valence-corrected chi connectivity index (χ1v) is 9.47. The van der Waals surface area contributed by atoms with Gasteiger partial charge in [-0.25, -0.2) is 4.79 Å². The van der Waals surface area contributed by atoms with Crippen LogP contribution in [0.2, 0.25) is 0 Å². The summed E-state index contributed by atoms with van der Waals surface area (Å²) in [6, 6.07) is 8.36. The molecule has 1 aromatic heterocycles. The fourth-order valence-corrected chi connectivity index (χ4v) is 4.18. The number of carbonyl (C=O) groups excluding carboxylic acids is 1. The second-order valence-electron chi connectivity index (χ2n) is 7.99. The molecule has 1 aromatic carbocycles. The molecule has 0 aliphatic heterocycles. The molecule has 25 heavy (non-hydrogen) atoms. The van der Waals surface area contributed by atoms with Gasteiger partial charge in [0.25, 0.3) is 0 Å². The molecular weight excluding hydrogens is 330 g/mol. The van der Waals surface area contributed by atoms with Crippen LogP contribution < -0.4 is 0 Å². The van der Waals surface area contributed by atoms with E-state index in [0.717, 1.165) is 10.6 Å². The van der Waals surface area contributed by atoms with E-state index in [2.05, 4.69) is 50.9 Å². The average molecular weight is 356 g/mol. The number of ether oxygens (including phenoxy) is 1. The molecule has 0 bridgehead atoms. The van der Waals surface area contributed by atoms with Gasteiger partial charge in [-0.15, -0.1) is 11.3 Å². The molecule has 1 aliphatic rings. The van der Waals surface area contributed by atoms with E-state index in [-0.39, 0.29) is 16.8 Å². The molecule has 1 heterocycles. The van der Waals surface area contributed by atoms with Gasteiger partial charge in [0.2, 0.25) is 0 Å². The van der Waals surface area contributed by atoms with Gasteiger partial charge in [-0.2, -0.15) is 0 Å². The lowest BCUT2D eigenvalue weighted by atomic mass is 9.63. The molecule has 0 atom stereocenters. The smallest absolute Gasteiger partial charge is 0.338 e. The maximum Gasteiger partial charge on any atom is 0.338 e. The quantitative estimate of drug-likeness (QED) is 0.528. The molecule has 0 spiro atoms. The number of rotatable bonds is 3. The van der Waals surface area contributed by atoms with E-state index >= 15 is 0 Å². The topological polar surface area (TPSA) is 38.7 Å². The number of benzene rings is 1. The maximum absolute atomic E-state index is 11.5. The molecule has 3 nitrogen and oxygen atoms in total. The molecule has 0 N–H and O–H groups in total. The number of methoxy groups -OCH3 is 1. The Morgan fingerprint density at radius 2 is 1.80 bits per heavy atom. The van der Waals surface area contributed by atoms with E-state index in [4.69, 9.17) is 4.74 Å². The molecule has 0 radical (unpaired) electrons. The number of nitrogens with zero attached hydrogens (tertiary/aromatic N) is 1. The lowest BCUT2D eigenvalue weighted by molar-refractivity contribution is 0.0601. The highest BCUT2D eigenvalue weighted by Gasteiger charge is 2.36. The lowest BCUT2D eigenvalue weighted by Gasteiger charge is -2.41. The van der Waals surface area contributed by atoms with E-state index in [1.165, 1.54) is 42.4 Å². The Morgan fingerprint density at radius 3 is 2.48 bits per heavy atom. The zero-order valence-corrected chi connectivity index (χ0v) is 16.4. The molecular formula is C21H25NO2S. The summed E-state index contributed by atoms with van der Waals surface area (Å²) >= 11 is 1.49. The third-order valence-electron chi connectivity index (χ3n) is 5.22. The Balaban J connectivity index is 1.89. The Hall–Kier alpha value is -1.94. The summed E-state index contributed by atoms with van der Waals surface area (Å²) < 4.78 is 4.74.